The van der Waals surface area contributed by atoms with Crippen LogP contribution in [0.25, 0.3) is 42.8 Å². The molecule has 0 aliphatic carbocycles. The molecule has 0 fully saturated rings. The van der Waals surface area contributed by atoms with E-state index in [0.29, 0.717) is 26.9 Å². The normalized spacial score (nSPS) is 12.4. The molecule has 0 saturated heterocycles. The van der Waals surface area contributed by atoms with Crippen LogP contribution in [0.3, 0.4) is 0 Å². The number of aromatic nitrogens is 4. The number of hydrogen-bond donors (Lipinski definition) is 4. The first-order valence-electron chi connectivity index (χ1n) is 16.6. The van der Waals surface area contributed by atoms with Gasteiger partial charge in [0.1, 0.15) is 31.6 Å². The lowest BCUT2D eigenvalue weighted by molar-refractivity contribution is 0.0946. The molecule has 2 aromatic carbocycles. The number of aryl methyl sites for hydroxylation is 2. The van der Waals surface area contributed by atoms with Crippen molar-refractivity contribution < 1.29 is 44.4 Å². The van der Waals surface area contributed by atoms with Crippen molar-refractivity contribution in [3.8, 4) is 0 Å². The standard InChI is InChI=1S/C35H30N6O10S4/c1-18-4-8-20(9-5-18)16-40-28-30(50-22-14-24(52-32(22)28)54(44,45)46)26(38-40)34(42)36-12-3-13-37-35(43)27-31-29(33-23(51-31)15-25(53-33)55(47,48)49)41(39-27)17-21-10-6-19(2)7-11-21/h4-11,14-15H,3,12-13,16-17H2,1-2H3,(H,36,42)(H,37,43)(H,44,45,46)(H,47,48,49). The van der Waals surface area contributed by atoms with Gasteiger partial charge < -0.3 is 19.5 Å². The SMILES string of the molecule is Cc1ccc(Cn2nc(C(=O)NCCCNC(=O)c3nn(Cc4ccc(C)cc4)c4c3oc3cc(S(=O)(=O)O)sc34)c3oc4cc(S(=O)(=O)O)sc4c32)cc1. The Kier molecular flexibility index (Phi) is 9.13. The molecular formula is C35H30N6O10S4. The lowest BCUT2D eigenvalue weighted by Crippen LogP contribution is -2.30. The number of carbonyl (C=O) groups excluding carboxylic acids is 2. The van der Waals surface area contributed by atoms with E-state index < -0.39 is 32.1 Å². The average molecular weight is 823 g/mol. The highest BCUT2D eigenvalue weighted by atomic mass is 32.3. The van der Waals surface area contributed by atoms with Crippen LogP contribution in [0.15, 0.2) is 77.9 Å². The molecule has 0 aliphatic heterocycles. The third-order valence-electron chi connectivity index (χ3n) is 8.79. The summed E-state index contributed by atoms with van der Waals surface area (Å²) >= 11 is 1.62. The topological polar surface area (TPSA) is 229 Å². The zero-order valence-corrected chi connectivity index (χ0v) is 32.2. The third-order valence-corrected chi connectivity index (χ3v) is 13.6. The number of nitrogens with one attached hydrogen (secondary N) is 2. The summed E-state index contributed by atoms with van der Waals surface area (Å²) in [6.45, 7) is 4.71. The molecule has 2 amide bonds. The minimum atomic E-state index is -4.48. The van der Waals surface area contributed by atoms with Crippen LogP contribution in [0.2, 0.25) is 0 Å². The molecular weight excluding hydrogens is 793 g/mol. The number of benzene rings is 2. The molecule has 0 saturated carbocycles. The first kappa shape index (κ1) is 36.6. The van der Waals surface area contributed by atoms with Gasteiger partial charge >= 0.3 is 20.2 Å². The zero-order chi connectivity index (χ0) is 38.8. The van der Waals surface area contributed by atoms with E-state index in [9.17, 15) is 35.5 Å². The summed E-state index contributed by atoms with van der Waals surface area (Å²) in [5.41, 5.74) is 5.37. The maximum atomic E-state index is 13.4. The number of carbonyl (C=O) groups is 2. The Hall–Kier alpha value is -5.38. The summed E-state index contributed by atoms with van der Waals surface area (Å²) in [5, 5.41) is 14.6. The fourth-order valence-electron chi connectivity index (χ4n) is 6.11. The molecule has 55 heavy (non-hydrogen) atoms. The lowest BCUT2D eigenvalue weighted by Gasteiger charge is -2.06. The van der Waals surface area contributed by atoms with Gasteiger partial charge in [0.15, 0.2) is 31.0 Å². The van der Waals surface area contributed by atoms with Crippen LogP contribution in [0.1, 0.15) is 49.7 Å². The van der Waals surface area contributed by atoms with Gasteiger partial charge in [0.2, 0.25) is 0 Å². The van der Waals surface area contributed by atoms with E-state index in [0.717, 1.165) is 44.9 Å². The minimum absolute atomic E-state index is 0.0144. The second kappa shape index (κ2) is 13.7. The van der Waals surface area contributed by atoms with Gasteiger partial charge in [0.05, 0.1) is 13.1 Å². The lowest BCUT2D eigenvalue weighted by atomic mass is 10.1. The van der Waals surface area contributed by atoms with Gasteiger partial charge in [0.25, 0.3) is 11.8 Å². The maximum absolute atomic E-state index is 13.4. The third kappa shape index (κ3) is 7.03. The first-order chi connectivity index (χ1) is 26.1. The van der Waals surface area contributed by atoms with Crippen molar-refractivity contribution in [1.82, 2.24) is 30.2 Å². The molecule has 8 rings (SSSR count). The Bertz CT molecular complexity index is 2820. The van der Waals surface area contributed by atoms with Crippen molar-refractivity contribution in [2.24, 2.45) is 0 Å². The van der Waals surface area contributed by atoms with E-state index in [1.54, 1.807) is 9.36 Å². The summed E-state index contributed by atoms with van der Waals surface area (Å²) in [6.07, 6.45) is 0.313. The fourth-order valence-corrected chi connectivity index (χ4v) is 9.69. The van der Waals surface area contributed by atoms with Crippen LogP contribution in [0, 0.1) is 13.8 Å². The largest absolute Gasteiger partial charge is 0.451 e. The van der Waals surface area contributed by atoms with E-state index in [2.05, 4.69) is 20.8 Å². The van der Waals surface area contributed by atoms with Gasteiger partial charge in [0, 0.05) is 25.2 Å². The number of thiophene rings is 2. The maximum Gasteiger partial charge on any atom is 0.304 e. The summed E-state index contributed by atoms with van der Waals surface area (Å²) in [4.78, 5) is 26.9. The summed E-state index contributed by atoms with van der Waals surface area (Å²) in [6, 6.07) is 17.8. The average Bonchev–Trinajstić information content (AvgIpc) is 3.95. The number of nitrogens with zero attached hydrogens (tertiary/aromatic N) is 4. The van der Waals surface area contributed by atoms with Crippen LogP contribution >= 0.6 is 22.7 Å². The monoisotopic (exact) mass is 822 g/mol. The Morgan fingerprint density at radius 3 is 1.42 bits per heavy atom. The molecule has 20 heteroatoms. The molecule has 6 aromatic heterocycles. The van der Waals surface area contributed by atoms with Gasteiger partial charge in [-0.15, -0.1) is 22.7 Å². The van der Waals surface area contributed by atoms with Gasteiger partial charge in [-0.05, 0) is 31.4 Å². The highest BCUT2D eigenvalue weighted by molar-refractivity contribution is 7.88. The van der Waals surface area contributed by atoms with E-state index in [4.69, 9.17) is 8.83 Å². The number of hydrogen-bond acceptors (Lipinski definition) is 12. The highest BCUT2D eigenvalue weighted by Gasteiger charge is 2.29. The quantitative estimate of drug-likeness (QED) is 0.0852. The molecule has 16 nitrogen and oxygen atoms in total. The molecule has 8 aromatic rings. The molecule has 0 bridgehead atoms. The van der Waals surface area contributed by atoms with Crippen molar-refractivity contribution in [2.75, 3.05) is 13.1 Å². The Labute approximate surface area is 319 Å². The van der Waals surface area contributed by atoms with Crippen LogP contribution in [0.4, 0.5) is 0 Å². The van der Waals surface area contributed by atoms with Gasteiger partial charge in [-0.2, -0.15) is 27.0 Å². The minimum Gasteiger partial charge on any atom is -0.451 e. The van der Waals surface area contributed by atoms with Gasteiger partial charge in [-0.25, -0.2) is 0 Å². The number of fused-ring (bicyclic) bond motifs is 6. The Morgan fingerprint density at radius 1 is 0.673 bits per heavy atom. The van der Waals surface area contributed by atoms with E-state index in [1.165, 1.54) is 12.1 Å². The Morgan fingerprint density at radius 2 is 1.05 bits per heavy atom. The van der Waals surface area contributed by atoms with Crippen molar-refractivity contribution in [3.05, 3.63) is 94.3 Å². The molecule has 0 spiro atoms. The summed E-state index contributed by atoms with van der Waals surface area (Å²) in [5.74, 6) is -1.10. The Balaban J connectivity index is 0.985. The van der Waals surface area contributed by atoms with E-state index in [1.807, 2.05) is 62.4 Å². The van der Waals surface area contributed by atoms with Crippen molar-refractivity contribution in [3.63, 3.8) is 0 Å². The van der Waals surface area contributed by atoms with Crippen molar-refractivity contribution in [1.29, 1.82) is 0 Å². The highest BCUT2D eigenvalue weighted by Crippen LogP contribution is 2.40. The zero-order valence-electron chi connectivity index (χ0n) is 28.9. The van der Waals surface area contributed by atoms with Crippen LogP contribution in [-0.2, 0) is 33.3 Å². The molecule has 0 radical (unpaired) electrons. The fraction of sp³-hybridized carbons (Fsp3) is 0.200. The molecule has 0 atom stereocenters. The second-order valence-corrected chi connectivity index (χ2v) is 18.3. The van der Waals surface area contributed by atoms with E-state index in [-0.39, 0.29) is 68.3 Å². The predicted octanol–water partition coefficient (Wildman–Crippen LogP) is 5.76. The van der Waals surface area contributed by atoms with Crippen LogP contribution < -0.4 is 10.6 Å². The predicted molar refractivity (Wildman–Crippen MR) is 204 cm³/mol. The number of rotatable bonds is 12. The van der Waals surface area contributed by atoms with E-state index >= 15 is 0 Å². The van der Waals surface area contributed by atoms with Crippen molar-refractivity contribution >= 4 is 97.5 Å². The first-order valence-corrected chi connectivity index (χ1v) is 21.1. The smallest absolute Gasteiger partial charge is 0.304 e. The van der Waals surface area contributed by atoms with Gasteiger partial charge in [-0.1, -0.05) is 59.7 Å². The van der Waals surface area contributed by atoms with Crippen LogP contribution in [0.5, 0.6) is 0 Å². The summed E-state index contributed by atoms with van der Waals surface area (Å²) in [7, 11) is -8.97. The summed E-state index contributed by atoms with van der Waals surface area (Å²) < 4.78 is 81.7. The molecule has 0 unspecified atom stereocenters. The molecule has 4 N–H and O–H groups in total. The molecule has 284 valence electrons. The van der Waals surface area contributed by atoms with Crippen LogP contribution in [-0.4, -0.2) is 70.4 Å². The number of amides is 2. The number of furan rings is 2. The molecule has 0 aliphatic rings. The van der Waals surface area contributed by atoms with Crippen molar-refractivity contribution in [2.45, 2.75) is 41.8 Å². The van der Waals surface area contributed by atoms with Gasteiger partial charge in [-0.3, -0.25) is 28.1 Å². The second-order valence-electron chi connectivity index (χ2n) is 12.9. The molecule has 6 heterocycles.